The molecule has 1 atom stereocenters. The fourth-order valence-electron chi connectivity index (χ4n) is 3.52. The second kappa shape index (κ2) is 7.37. The standard InChI is InChI=1S/C18H27N5O2/c1-12(2)17-19-7-10-23(17)13(3)18(24)22-8-5-15(6-9-22)11-16-20-14(4)25-21-16/h7,10,12-13,15H,5-6,8-9,11H2,1-4H3/t13-/m1/s1. The summed E-state index contributed by atoms with van der Waals surface area (Å²) in [5, 5.41) is 3.98. The van der Waals surface area contributed by atoms with Gasteiger partial charge in [-0.3, -0.25) is 4.79 Å². The van der Waals surface area contributed by atoms with E-state index in [1.165, 1.54) is 0 Å². The fourth-order valence-corrected chi connectivity index (χ4v) is 3.52. The molecule has 0 spiro atoms. The molecule has 1 amide bonds. The van der Waals surface area contributed by atoms with E-state index in [0.29, 0.717) is 17.7 Å². The van der Waals surface area contributed by atoms with Crippen molar-refractivity contribution >= 4 is 5.91 Å². The van der Waals surface area contributed by atoms with Crippen LogP contribution in [0.25, 0.3) is 0 Å². The molecule has 3 heterocycles. The fraction of sp³-hybridized carbons (Fsp3) is 0.667. The van der Waals surface area contributed by atoms with Gasteiger partial charge < -0.3 is 14.0 Å². The van der Waals surface area contributed by atoms with E-state index in [2.05, 4.69) is 29.0 Å². The lowest BCUT2D eigenvalue weighted by Gasteiger charge is -2.33. The number of hydrogen-bond acceptors (Lipinski definition) is 5. The Labute approximate surface area is 148 Å². The first kappa shape index (κ1) is 17.6. The van der Waals surface area contributed by atoms with Crippen LogP contribution < -0.4 is 0 Å². The quantitative estimate of drug-likeness (QED) is 0.833. The van der Waals surface area contributed by atoms with E-state index >= 15 is 0 Å². The third kappa shape index (κ3) is 3.91. The molecule has 1 saturated heterocycles. The summed E-state index contributed by atoms with van der Waals surface area (Å²) in [4.78, 5) is 23.5. The highest BCUT2D eigenvalue weighted by Gasteiger charge is 2.28. The van der Waals surface area contributed by atoms with Crippen molar-refractivity contribution in [2.75, 3.05) is 13.1 Å². The Bertz CT molecular complexity index is 713. The van der Waals surface area contributed by atoms with E-state index in [4.69, 9.17) is 4.52 Å². The molecule has 0 aromatic carbocycles. The highest BCUT2D eigenvalue weighted by atomic mass is 16.5. The minimum absolute atomic E-state index is 0.175. The lowest BCUT2D eigenvalue weighted by Crippen LogP contribution is -2.42. The summed E-state index contributed by atoms with van der Waals surface area (Å²) in [6, 6.07) is -0.212. The number of hydrogen-bond donors (Lipinski definition) is 0. The monoisotopic (exact) mass is 345 g/mol. The molecule has 0 unspecified atom stereocenters. The zero-order valence-corrected chi connectivity index (χ0v) is 15.5. The van der Waals surface area contributed by atoms with Crippen LogP contribution in [0.5, 0.6) is 0 Å². The predicted octanol–water partition coefficient (Wildman–Crippen LogP) is 2.74. The van der Waals surface area contributed by atoms with Gasteiger partial charge in [-0.25, -0.2) is 4.98 Å². The maximum atomic E-state index is 12.9. The van der Waals surface area contributed by atoms with Gasteiger partial charge in [0, 0.05) is 44.7 Å². The second-order valence-electron chi connectivity index (χ2n) is 7.23. The summed E-state index contributed by atoms with van der Waals surface area (Å²) in [6.45, 7) is 9.54. The van der Waals surface area contributed by atoms with Crippen LogP contribution in [-0.2, 0) is 11.2 Å². The molecule has 2 aromatic heterocycles. The molecule has 136 valence electrons. The van der Waals surface area contributed by atoms with Crippen LogP contribution in [0.1, 0.15) is 63.1 Å². The number of carbonyl (C=O) groups is 1. The average Bonchev–Trinajstić information content (AvgIpc) is 3.23. The molecule has 7 heteroatoms. The Morgan fingerprint density at radius 2 is 2.04 bits per heavy atom. The number of rotatable bonds is 5. The Kier molecular flexibility index (Phi) is 5.20. The van der Waals surface area contributed by atoms with Gasteiger partial charge >= 0.3 is 0 Å². The van der Waals surface area contributed by atoms with E-state index in [1.807, 2.05) is 22.6 Å². The molecule has 3 rings (SSSR count). The Morgan fingerprint density at radius 1 is 1.32 bits per heavy atom. The zero-order chi connectivity index (χ0) is 18.0. The van der Waals surface area contributed by atoms with E-state index in [1.54, 1.807) is 13.1 Å². The van der Waals surface area contributed by atoms with Gasteiger partial charge in [0.15, 0.2) is 5.82 Å². The van der Waals surface area contributed by atoms with Crippen molar-refractivity contribution < 1.29 is 9.32 Å². The van der Waals surface area contributed by atoms with Crippen molar-refractivity contribution in [2.24, 2.45) is 5.92 Å². The van der Waals surface area contributed by atoms with E-state index in [9.17, 15) is 4.79 Å². The van der Waals surface area contributed by atoms with Crippen LogP contribution in [0.4, 0.5) is 0 Å². The highest BCUT2D eigenvalue weighted by Crippen LogP contribution is 2.24. The predicted molar refractivity (Wildman–Crippen MR) is 93.1 cm³/mol. The van der Waals surface area contributed by atoms with E-state index < -0.39 is 0 Å². The van der Waals surface area contributed by atoms with Crippen LogP contribution >= 0.6 is 0 Å². The first-order valence-electron chi connectivity index (χ1n) is 9.06. The molecule has 25 heavy (non-hydrogen) atoms. The van der Waals surface area contributed by atoms with Crippen LogP contribution in [0.2, 0.25) is 0 Å². The molecule has 7 nitrogen and oxygen atoms in total. The Morgan fingerprint density at radius 3 is 2.64 bits per heavy atom. The maximum absolute atomic E-state index is 12.9. The van der Waals surface area contributed by atoms with Gasteiger partial charge in [-0.15, -0.1) is 0 Å². The molecule has 1 aliphatic rings. The highest BCUT2D eigenvalue weighted by molar-refractivity contribution is 5.80. The first-order valence-corrected chi connectivity index (χ1v) is 9.06. The van der Waals surface area contributed by atoms with Gasteiger partial charge in [-0.05, 0) is 25.7 Å². The van der Waals surface area contributed by atoms with Crippen LogP contribution in [-0.4, -0.2) is 43.6 Å². The molecule has 1 fully saturated rings. The number of aryl methyl sites for hydroxylation is 1. The topological polar surface area (TPSA) is 77.1 Å². The smallest absolute Gasteiger partial charge is 0.245 e. The molecule has 1 aliphatic heterocycles. The van der Waals surface area contributed by atoms with Gasteiger partial charge in [0.1, 0.15) is 11.9 Å². The third-order valence-corrected chi connectivity index (χ3v) is 4.96. The molecular weight excluding hydrogens is 318 g/mol. The third-order valence-electron chi connectivity index (χ3n) is 4.96. The summed E-state index contributed by atoms with van der Waals surface area (Å²) in [5.74, 6) is 3.33. The first-order chi connectivity index (χ1) is 12.0. The number of piperidine rings is 1. The molecule has 0 radical (unpaired) electrons. The zero-order valence-electron chi connectivity index (χ0n) is 15.5. The molecule has 0 N–H and O–H groups in total. The van der Waals surface area contributed by atoms with Gasteiger partial charge in [0.25, 0.3) is 0 Å². The van der Waals surface area contributed by atoms with Gasteiger partial charge in [0.2, 0.25) is 11.8 Å². The average molecular weight is 345 g/mol. The minimum Gasteiger partial charge on any atom is -0.341 e. The summed E-state index contributed by atoms with van der Waals surface area (Å²) >= 11 is 0. The summed E-state index contributed by atoms with van der Waals surface area (Å²) in [7, 11) is 0. The maximum Gasteiger partial charge on any atom is 0.245 e. The SMILES string of the molecule is Cc1nc(CC2CCN(C(=O)[C@@H](C)n3ccnc3C(C)C)CC2)no1. The van der Waals surface area contributed by atoms with Crippen LogP contribution in [0.15, 0.2) is 16.9 Å². The Hall–Kier alpha value is -2.18. The van der Waals surface area contributed by atoms with Crippen LogP contribution in [0, 0.1) is 12.8 Å². The number of amides is 1. The van der Waals surface area contributed by atoms with E-state index in [-0.39, 0.29) is 11.9 Å². The molecular formula is C18H27N5O2. The van der Waals surface area contributed by atoms with E-state index in [0.717, 1.165) is 44.0 Å². The molecule has 2 aromatic rings. The molecule has 0 saturated carbocycles. The number of aromatic nitrogens is 4. The van der Waals surface area contributed by atoms with Crippen molar-refractivity contribution in [3.05, 3.63) is 29.9 Å². The number of carbonyl (C=O) groups excluding carboxylic acids is 1. The molecule has 0 bridgehead atoms. The van der Waals surface area contributed by atoms with Gasteiger partial charge in [-0.1, -0.05) is 19.0 Å². The summed E-state index contributed by atoms with van der Waals surface area (Å²) in [6.07, 6.45) is 6.47. The lowest BCUT2D eigenvalue weighted by molar-refractivity contribution is -0.135. The second-order valence-corrected chi connectivity index (χ2v) is 7.23. The van der Waals surface area contributed by atoms with Crippen molar-refractivity contribution in [1.82, 2.24) is 24.6 Å². The minimum atomic E-state index is -0.212. The number of imidazole rings is 1. The van der Waals surface area contributed by atoms with Crippen molar-refractivity contribution in [3.63, 3.8) is 0 Å². The summed E-state index contributed by atoms with van der Waals surface area (Å²) in [5.41, 5.74) is 0. The lowest BCUT2D eigenvalue weighted by atomic mass is 9.93. The number of likely N-dealkylation sites (tertiary alicyclic amines) is 1. The van der Waals surface area contributed by atoms with Crippen molar-refractivity contribution in [2.45, 2.75) is 58.9 Å². The normalized spacial score (nSPS) is 17.2. The van der Waals surface area contributed by atoms with Crippen molar-refractivity contribution in [3.8, 4) is 0 Å². The number of nitrogens with zero attached hydrogens (tertiary/aromatic N) is 5. The van der Waals surface area contributed by atoms with Crippen molar-refractivity contribution in [1.29, 1.82) is 0 Å². The van der Waals surface area contributed by atoms with Gasteiger partial charge in [-0.2, -0.15) is 4.98 Å². The van der Waals surface area contributed by atoms with Gasteiger partial charge in [0.05, 0.1) is 0 Å². The largest absolute Gasteiger partial charge is 0.341 e. The van der Waals surface area contributed by atoms with Crippen LogP contribution in [0.3, 0.4) is 0 Å². The Balaban J connectivity index is 1.56. The summed E-state index contributed by atoms with van der Waals surface area (Å²) < 4.78 is 7.04. The molecule has 0 aliphatic carbocycles.